The van der Waals surface area contributed by atoms with Crippen molar-refractivity contribution in [1.29, 1.82) is 0 Å². The molecule has 0 unspecified atom stereocenters. The quantitative estimate of drug-likeness (QED) is 0.391. The number of likely N-dealkylation sites (N-methyl/N-ethyl adjacent to an activating group) is 2. The zero-order chi connectivity index (χ0) is 20.1. The summed E-state index contributed by atoms with van der Waals surface area (Å²) in [7, 11) is 4.46. The standard InChI is InChI=1S/C27H30N2/c1-28(18-17-24-13-7-11-22-9-3-5-15-26(22)24)19-20-29(2)21-25-14-8-12-23-10-4-6-16-27(23)25/h3-16H,17-21H2,1-2H3. The molecule has 0 heterocycles. The van der Waals surface area contributed by atoms with Gasteiger partial charge in [0.05, 0.1) is 0 Å². The van der Waals surface area contributed by atoms with Gasteiger partial charge in [-0.15, -0.1) is 0 Å². The van der Waals surface area contributed by atoms with Gasteiger partial charge in [-0.2, -0.15) is 0 Å². The summed E-state index contributed by atoms with van der Waals surface area (Å²) in [6.07, 6.45) is 1.09. The smallest absolute Gasteiger partial charge is 0.0237 e. The number of rotatable bonds is 8. The van der Waals surface area contributed by atoms with Crippen LogP contribution in [0.4, 0.5) is 0 Å². The van der Waals surface area contributed by atoms with Gasteiger partial charge in [-0.1, -0.05) is 84.9 Å². The molecule has 0 aliphatic rings. The lowest BCUT2D eigenvalue weighted by Crippen LogP contribution is -2.31. The number of benzene rings is 4. The molecule has 148 valence electrons. The van der Waals surface area contributed by atoms with Crippen LogP contribution in [0.25, 0.3) is 21.5 Å². The molecule has 0 N–H and O–H groups in total. The molecule has 0 aromatic heterocycles. The van der Waals surface area contributed by atoms with Gasteiger partial charge in [-0.25, -0.2) is 0 Å². The minimum Gasteiger partial charge on any atom is -0.305 e. The highest BCUT2D eigenvalue weighted by molar-refractivity contribution is 5.86. The Morgan fingerprint density at radius 1 is 0.517 bits per heavy atom. The molecule has 0 aliphatic carbocycles. The van der Waals surface area contributed by atoms with Crippen LogP contribution >= 0.6 is 0 Å². The maximum Gasteiger partial charge on any atom is 0.0237 e. The van der Waals surface area contributed by atoms with Crippen LogP contribution in [-0.2, 0) is 13.0 Å². The van der Waals surface area contributed by atoms with Crippen molar-refractivity contribution >= 4 is 21.5 Å². The minimum atomic E-state index is 0.985. The summed E-state index contributed by atoms with van der Waals surface area (Å²) < 4.78 is 0. The van der Waals surface area contributed by atoms with Gasteiger partial charge < -0.3 is 9.80 Å². The second-order valence-electron chi connectivity index (χ2n) is 8.07. The molecule has 0 aliphatic heterocycles. The fraction of sp³-hybridized carbons (Fsp3) is 0.259. The van der Waals surface area contributed by atoms with Crippen molar-refractivity contribution in [1.82, 2.24) is 9.80 Å². The molecule has 0 saturated heterocycles. The van der Waals surface area contributed by atoms with E-state index in [4.69, 9.17) is 0 Å². The lowest BCUT2D eigenvalue weighted by Gasteiger charge is -2.23. The summed E-state index contributed by atoms with van der Waals surface area (Å²) in [5.74, 6) is 0. The van der Waals surface area contributed by atoms with Crippen LogP contribution in [0.5, 0.6) is 0 Å². The van der Waals surface area contributed by atoms with E-state index >= 15 is 0 Å². The van der Waals surface area contributed by atoms with Crippen LogP contribution in [0.15, 0.2) is 84.9 Å². The molecular weight excluding hydrogens is 352 g/mol. The summed E-state index contributed by atoms with van der Waals surface area (Å²) >= 11 is 0. The Bertz CT molecular complexity index is 1080. The average molecular weight is 383 g/mol. The normalized spacial score (nSPS) is 11.7. The number of hydrogen-bond acceptors (Lipinski definition) is 2. The fourth-order valence-corrected chi connectivity index (χ4v) is 4.08. The van der Waals surface area contributed by atoms with E-state index in [9.17, 15) is 0 Å². The predicted molar refractivity (Wildman–Crippen MR) is 125 cm³/mol. The maximum atomic E-state index is 2.45. The molecule has 0 radical (unpaired) electrons. The SMILES string of the molecule is CN(CCc1cccc2ccccc12)CCN(C)Cc1cccc2ccccc12. The predicted octanol–water partition coefficient (Wildman–Crippen LogP) is 5.60. The molecule has 4 aromatic carbocycles. The topological polar surface area (TPSA) is 6.48 Å². The lowest BCUT2D eigenvalue weighted by atomic mass is 10.0. The first-order valence-corrected chi connectivity index (χ1v) is 10.5. The molecule has 29 heavy (non-hydrogen) atoms. The van der Waals surface area contributed by atoms with Gasteiger partial charge in [-0.3, -0.25) is 0 Å². The molecule has 0 saturated carbocycles. The van der Waals surface area contributed by atoms with E-state index in [-0.39, 0.29) is 0 Å². The summed E-state index contributed by atoms with van der Waals surface area (Å²) in [6, 6.07) is 30.6. The first-order valence-electron chi connectivity index (χ1n) is 10.5. The Morgan fingerprint density at radius 3 is 1.72 bits per heavy atom. The van der Waals surface area contributed by atoms with Crippen molar-refractivity contribution in [2.45, 2.75) is 13.0 Å². The molecule has 0 bridgehead atoms. The van der Waals surface area contributed by atoms with E-state index in [0.717, 1.165) is 32.6 Å². The second kappa shape index (κ2) is 9.21. The Morgan fingerprint density at radius 2 is 1.03 bits per heavy atom. The molecule has 4 rings (SSSR count). The molecular formula is C27H30N2. The molecule has 2 nitrogen and oxygen atoms in total. The van der Waals surface area contributed by atoms with Crippen molar-refractivity contribution in [3.05, 3.63) is 96.1 Å². The van der Waals surface area contributed by atoms with Crippen molar-refractivity contribution in [3.63, 3.8) is 0 Å². The fourth-order valence-electron chi connectivity index (χ4n) is 4.08. The third-order valence-electron chi connectivity index (χ3n) is 5.83. The summed E-state index contributed by atoms with van der Waals surface area (Å²) in [5, 5.41) is 5.41. The Labute approximate surface area is 174 Å². The number of hydrogen-bond donors (Lipinski definition) is 0. The first kappa shape index (κ1) is 19.6. The Balaban J connectivity index is 1.30. The van der Waals surface area contributed by atoms with Crippen LogP contribution < -0.4 is 0 Å². The Kier molecular flexibility index (Phi) is 6.24. The number of nitrogens with zero attached hydrogens (tertiary/aromatic N) is 2. The molecule has 0 spiro atoms. The van der Waals surface area contributed by atoms with E-state index in [1.807, 2.05) is 0 Å². The van der Waals surface area contributed by atoms with Crippen LogP contribution in [0.1, 0.15) is 11.1 Å². The van der Waals surface area contributed by atoms with Crippen LogP contribution in [0.2, 0.25) is 0 Å². The van der Waals surface area contributed by atoms with Crippen LogP contribution in [0.3, 0.4) is 0 Å². The van der Waals surface area contributed by atoms with Crippen LogP contribution in [-0.4, -0.2) is 43.5 Å². The highest BCUT2D eigenvalue weighted by Crippen LogP contribution is 2.20. The van der Waals surface area contributed by atoms with Crippen molar-refractivity contribution < 1.29 is 0 Å². The third-order valence-corrected chi connectivity index (χ3v) is 5.83. The first-order chi connectivity index (χ1) is 14.2. The van der Waals surface area contributed by atoms with Gasteiger partial charge in [0.15, 0.2) is 0 Å². The van der Waals surface area contributed by atoms with Crippen molar-refractivity contribution in [2.24, 2.45) is 0 Å². The zero-order valence-electron chi connectivity index (χ0n) is 17.5. The average Bonchev–Trinajstić information content (AvgIpc) is 2.76. The highest BCUT2D eigenvalue weighted by Gasteiger charge is 2.07. The van der Waals surface area contributed by atoms with E-state index < -0.39 is 0 Å². The summed E-state index contributed by atoms with van der Waals surface area (Å²) in [6.45, 7) is 4.20. The third kappa shape index (κ3) is 4.84. The largest absolute Gasteiger partial charge is 0.305 e. The van der Waals surface area contributed by atoms with Crippen molar-refractivity contribution in [2.75, 3.05) is 33.7 Å². The second-order valence-corrected chi connectivity index (χ2v) is 8.07. The lowest BCUT2D eigenvalue weighted by molar-refractivity contribution is 0.254. The monoisotopic (exact) mass is 382 g/mol. The van der Waals surface area contributed by atoms with Crippen LogP contribution in [0, 0.1) is 0 Å². The van der Waals surface area contributed by atoms with Crippen molar-refractivity contribution in [3.8, 4) is 0 Å². The van der Waals surface area contributed by atoms with E-state index in [0.29, 0.717) is 0 Å². The highest BCUT2D eigenvalue weighted by atomic mass is 15.2. The molecule has 4 aromatic rings. The summed E-state index contributed by atoms with van der Waals surface area (Å²) in [4.78, 5) is 4.87. The van der Waals surface area contributed by atoms with Gasteiger partial charge in [0.25, 0.3) is 0 Å². The Hall–Kier alpha value is -2.68. The summed E-state index contributed by atoms with van der Waals surface area (Å²) in [5.41, 5.74) is 2.85. The van der Waals surface area contributed by atoms with Gasteiger partial charge >= 0.3 is 0 Å². The van der Waals surface area contributed by atoms with E-state index in [1.54, 1.807) is 0 Å². The van der Waals surface area contributed by atoms with E-state index in [2.05, 4.69) is 109 Å². The molecule has 0 atom stereocenters. The van der Waals surface area contributed by atoms with Gasteiger partial charge in [-0.05, 0) is 53.2 Å². The van der Waals surface area contributed by atoms with E-state index in [1.165, 1.54) is 32.7 Å². The zero-order valence-corrected chi connectivity index (χ0v) is 17.5. The van der Waals surface area contributed by atoms with Gasteiger partial charge in [0.2, 0.25) is 0 Å². The maximum absolute atomic E-state index is 2.45. The number of fused-ring (bicyclic) bond motifs is 2. The molecule has 2 heteroatoms. The minimum absolute atomic E-state index is 0.985. The van der Waals surface area contributed by atoms with Gasteiger partial charge in [0, 0.05) is 26.2 Å². The molecule has 0 amide bonds. The van der Waals surface area contributed by atoms with Gasteiger partial charge in [0.1, 0.15) is 0 Å². The molecule has 0 fully saturated rings.